The van der Waals surface area contributed by atoms with Crippen LogP contribution in [0.25, 0.3) is 0 Å². The summed E-state index contributed by atoms with van der Waals surface area (Å²) in [5, 5.41) is 11.5. The molecule has 2 saturated heterocycles. The topological polar surface area (TPSA) is 69.6 Å². The molecule has 72 valence electrons. The van der Waals surface area contributed by atoms with Crippen molar-refractivity contribution in [3.8, 4) is 0 Å². The maximum atomic E-state index is 11.4. The summed E-state index contributed by atoms with van der Waals surface area (Å²) in [6.07, 6.45) is 0.525. The Morgan fingerprint density at radius 1 is 1.54 bits per heavy atom. The number of nitrogens with zero attached hydrogens (tertiary/aromatic N) is 1. The molecule has 2 amide bonds. The second-order valence-electron chi connectivity index (χ2n) is 3.74. The van der Waals surface area contributed by atoms with Gasteiger partial charge in [-0.2, -0.15) is 0 Å². The van der Waals surface area contributed by atoms with Crippen LogP contribution in [0.1, 0.15) is 12.8 Å². The predicted molar refractivity (Wildman–Crippen MR) is 44.3 cm³/mol. The maximum absolute atomic E-state index is 11.4. The van der Waals surface area contributed by atoms with Crippen LogP contribution in [0.3, 0.4) is 0 Å². The minimum absolute atomic E-state index is 0.0243. The zero-order chi connectivity index (χ0) is 9.47. The van der Waals surface area contributed by atoms with Gasteiger partial charge in [-0.25, -0.2) is 4.79 Å². The molecule has 0 radical (unpaired) electrons. The number of carbonyl (C=O) groups excluding carboxylic acids is 1. The number of hydrogen-bond acceptors (Lipinski definition) is 2. The Balaban J connectivity index is 2.12. The summed E-state index contributed by atoms with van der Waals surface area (Å²) in [4.78, 5) is 23.4. The molecule has 2 fully saturated rings. The molecule has 0 saturated carbocycles. The molecule has 2 heterocycles. The quantitative estimate of drug-likeness (QED) is 0.551. The monoisotopic (exact) mass is 184 g/mol. The molecule has 1 atom stereocenters. The third-order valence-electron chi connectivity index (χ3n) is 3.00. The van der Waals surface area contributed by atoms with E-state index in [9.17, 15) is 9.59 Å². The average molecular weight is 184 g/mol. The van der Waals surface area contributed by atoms with Crippen LogP contribution in [-0.2, 0) is 4.79 Å². The predicted octanol–water partition coefficient (Wildman–Crippen LogP) is -0.124. The fourth-order valence-electron chi connectivity index (χ4n) is 2.14. The molecule has 5 nitrogen and oxygen atoms in total. The van der Waals surface area contributed by atoms with Crippen LogP contribution in [0, 0.1) is 5.41 Å². The Bertz CT molecular complexity index is 266. The lowest BCUT2D eigenvalue weighted by Gasteiger charge is -2.18. The highest BCUT2D eigenvalue weighted by molar-refractivity contribution is 5.86. The van der Waals surface area contributed by atoms with Gasteiger partial charge < -0.3 is 15.3 Å². The van der Waals surface area contributed by atoms with Crippen molar-refractivity contribution >= 4 is 12.0 Å². The van der Waals surface area contributed by atoms with Gasteiger partial charge in [0.25, 0.3) is 0 Å². The van der Waals surface area contributed by atoms with E-state index in [0.717, 1.165) is 6.42 Å². The van der Waals surface area contributed by atoms with Gasteiger partial charge in [-0.05, 0) is 12.8 Å². The maximum Gasteiger partial charge on any atom is 0.407 e. The summed E-state index contributed by atoms with van der Waals surface area (Å²) < 4.78 is 0. The molecule has 0 unspecified atom stereocenters. The fourth-order valence-corrected chi connectivity index (χ4v) is 2.14. The molecular weight excluding hydrogens is 172 g/mol. The normalized spacial score (nSPS) is 32.6. The summed E-state index contributed by atoms with van der Waals surface area (Å²) in [7, 11) is 0. The van der Waals surface area contributed by atoms with Crippen molar-refractivity contribution in [1.82, 2.24) is 10.2 Å². The van der Waals surface area contributed by atoms with Gasteiger partial charge in [0.1, 0.15) is 0 Å². The molecule has 0 bridgehead atoms. The molecule has 1 spiro atoms. The zero-order valence-corrected chi connectivity index (χ0v) is 7.25. The number of rotatable bonds is 0. The summed E-state index contributed by atoms with van der Waals surface area (Å²) in [6, 6.07) is 0. The van der Waals surface area contributed by atoms with Gasteiger partial charge in [0.15, 0.2) is 0 Å². The number of nitrogens with one attached hydrogen (secondary N) is 1. The van der Waals surface area contributed by atoms with Gasteiger partial charge in [-0.15, -0.1) is 0 Å². The Morgan fingerprint density at radius 3 is 2.77 bits per heavy atom. The molecule has 5 heteroatoms. The van der Waals surface area contributed by atoms with Gasteiger partial charge in [0.2, 0.25) is 5.91 Å². The summed E-state index contributed by atoms with van der Waals surface area (Å²) in [6.45, 7) is 1.54. The first-order valence-corrected chi connectivity index (χ1v) is 4.40. The lowest BCUT2D eigenvalue weighted by Crippen LogP contribution is -2.36. The second-order valence-corrected chi connectivity index (χ2v) is 3.74. The Morgan fingerprint density at radius 2 is 2.31 bits per heavy atom. The van der Waals surface area contributed by atoms with Gasteiger partial charge in [-0.1, -0.05) is 0 Å². The van der Waals surface area contributed by atoms with E-state index >= 15 is 0 Å². The smallest absolute Gasteiger partial charge is 0.407 e. The van der Waals surface area contributed by atoms with Crippen molar-refractivity contribution in [1.29, 1.82) is 0 Å². The van der Waals surface area contributed by atoms with Crippen LogP contribution >= 0.6 is 0 Å². The van der Waals surface area contributed by atoms with Gasteiger partial charge >= 0.3 is 6.09 Å². The van der Waals surface area contributed by atoms with Gasteiger partial charge in [0.05, 0.1) is 5.41 Å². The Kier molecular flexibility index (Phi) is 1.68. The summed E-state index contributed by atoms with van der Waals surface area (Å²) in [5.41, 5.74) is -0.404. The number of likely N-dealkylation sites (tertiary alicyclic amines) is 1. The summed E-state index contributed by atoms with van der Waals surface area (Å²) in [5.74, 6) is 0.0243. The molecule has 2 aliphatic heterocycles. The van der Waals surface area contributed by atoms with Crippen molar-refractivity contribution < 1.29 is 14.7 Å². The highest BCUT2D eigenvalue weighted by Crippen LogP contribution is 2.36. The highest BCUT2D eigenvalue weighted by Gasteiger charge is 2.48. The van der Waals surface area contributed by atoms with Gasteiger partial charge in [0, 0.05) is 19.6 Å². The highest BCUT2D eigenvalue weighted by atomic mass is 16.4. The molecule has 2 rings (SSSR count). The van der Waals surface area contributed by atoms with Crippen molar-refractivity contribution in [2.24, 2.45) is 5.41 Å². The SMILES string of the molecule is O=C(O)N1CC[C@]2(CCNC2=O)C1. The zero-order valence-electron chi connectivity index (χ0n) is 7.25. The molecule has 13 heavy (non-hydrogen) atoms. The van der Waals surface area contributed by atoms with E-state index in [0.29, 0.717) is 26.1 Å². The largest absolute Gasteiger partial charge is 0.465 e. The number of carbonyl (C=O) groups is 2. The van der Waals surface area contributed by atoms with E-state index in [1.807, 2.05) is 0 Å². The lowest BCUT2D eigenvalue weighted by atomic mass is 9.86. The Labute approximate surface area is 75.7 Å². The van der Waals surface area contributed by atoms with E-state index in [1.54, 1.807) is 0 Å². The van der Waals surface area contributed by atoms with Crippen molar-refractivity contribution in [3.05, 3.63) is 0 Å². The van der Waals surface area contributed by atoms with Crippen LogP contribution in [-0.4, -0.2) is 41.6 Å². The minimum atomic E-state index is -0.920. The van der Waals surface area contributed by atoms with Crippen molar-refractivity contribution in [3.63, 3.8) is 0 Å². The van der Waals surface area contributed by atoms with E-state index in [1.165, 1.54) is 4.90 Å². The fraction of sp³-hybridized carbons (Fsp3) is 0.750. The number of hydrogen-bond donors (Lipinski definition) is 2. The molecule has 2 aliphatic rings. The van der Waals surface area contributed by atoms with Crippen molar-refractivity contribution in [2.45, 2.75) is 12.8 Å². The first-order valence-electron chi connectivity index (χ1n) is 4.40. The molecule has 2 N–H and O–H groups in total. The van der Waals surface area contributed by atoms with E-state index in [2.05, 4.69) is 5.32 Å². The standard InChI is InChI=1S/C8H12N2O3/c11-6-8(1-3-9-6)2-4-10(5-8)7(12)13/h1-5H2,(H,9,11)(H,12,13)/t8-/m1/s1. The van der Waals surface area contributed by atoms with E-state index < -0.39 is 11.5 Å². The number of carboxylic acid groups (broad SMARTS) is 1. The molecule has 0 aromatic carbocycles. The molecule has 0 aromatic rings. The van der Waals surface area contributed by atoms with Crippen LogP contribution in [0.5, 0.6) is 0 Å². The lowest BCUT2D eigenvalue weighted by molar-refractivity contribution is -0.126. The average Bonchev–Trinajstić information content (AvgIpc) is 2.63. The van der Waals surface area contributed by atoms with Crippen molar-refractivity contribution in [2.75, 3.05) is 19.6 Å². The summed E-state index contributed by atoms with van der Waals surface area (Å²) >= 11 is 0. The molecule has 0 aliphatic carbocycles. The van der Waals surface area contributed by atoms with Crippen LogP contribution in [0.2, 0.25) is 0 Å². The van der Waals surface area contributed by atoms with E-state index in [4.69, 9.17) is 5.11 Å². The minimum Gasteiger partial charge on any atom is -0.465 e. The van der Waals surface area contributed by atoms with Crippen LogP contribution in [0.15, 0.2) is 0 Å². The third kappa shape index (κ3) is 1.15. The van der Waals surface area contributed by atoms with Crippen LogP contribution in [0.4, 0.5) is 4.79 Å². The first-order chi connectivity index (χ1) is 6.14. The first kappa shape index (κ1) is 8.34. The van der Waals surface area contributed by atoms with Gasteiger partial charge in [-0.3, -0.25) is 4.79 Å². The van der Waals surface area contributed by atoms with E-state index in [-0.39, 0.29) is 5.91 Å². The molecular formula is C8H12N2O3. The third-order valence-corrected chi connectivity index (χ3v) is 3.00. The Hall–Kier alpha value is -1.26. The van der Waals surface area contributed by atoms with Crippen LogP contribution < -0.4 is 5.32 Å². The number of amides is 2. The molecule has 0 aromatic heterocycles. The second kappa shape index (κ2) is 2.61.